The second-order valence-corrected chi connectivity index (χ2v) is 16.7. The van der Waals surface area contributed by atoms with Gasteiger partial charge >= 0.3 is 6.18 Å². The van der Waals surface area contributed by atoms with Gasteiger partial charge in [0.15, 0.2) is 19.8 Å². The maximum Gasteiger partial charge on any atom is 0.416 e. The third-order valence-corrected chi connectivity index (χ3v) is 12.6. The number of aromatic nitrogens is 4. The van der Waals surface area contributed by atoms with Crippen LogP contribution in [0.3, 0.4) is 0 Å². The molecule has 2 aromatic heterocycles. The molecule has 4 rings (SSSR count). The van der Waals surface area contributed by atoms with Crippen molar-refractivity contribution in [1.29, 1.82) is 5.26 Å². The summed E-state index contributed by atoms with van der Waals surface area (Å²) in [5.74, 6) is 1.13. The molecule has 1 saturated carbocycles. The lowest BCUT2D eigenvalue weighted by molar-refractivity contribution is -0.137. The van der Waals surface area contributed by atoms with Gasteiger partial charge in [-0.3, -0.25) is 0 Å². The second-order valence-electron chi connectivity index (χ2n) is 11.9. The van der Waals surface area contributed by atoms with E-state index in [4.69, 9.17) is 4.43 Å². The predicted octanol–water partition coefficient (Wildman–Crippen LogP) is 7.15. The molecular formula is C28H37F3N6OSi. The van der Waals surface area contributed by atoms with Gasteiger partial charge in [0.25, 0.3) is 0 Å². The van der Waals surface area contributed by atoms with Crippen molar-refractivity contribution in [2.24, 2.45) is 5.92 Å². The van der Waals surface area contributed by atoms with E-state index in [1.54, 1.807) is 10.9 Å². The first-order valence-corrected chi connectivity index (χ1v) is 16.4. The van der Waals surface area contributed by atoms with Crippen molar-refractivity contribution in [3.05, 3.63) is 47.5 Å². The summed E-state index contributed by atoms with van der Waals surface area (Å²) in [5.41, 5.74) is 0.991. The van der Waals surface area contributed by atoms with Crippen LogP contribution >= 0.6 is 0 Å². The van der Waals surface area contributed by atoms with Crippen molar-refractivity contribution in [3.8, 4) is 6.07 Å². The number of fused-ring (bicyclic) bond motifs is 1. The molecule has 1 aliphatic carbocycles. The summed E-state index contributed by atoms with van der Waals surface area (Å²) in [4.78, 5) is 12.9. The Bertz CT molecular complexity index is 1320. The Balaban J connectivity index is 1.36. The SMILES string of the molecule is CC(C)(C)[Si](C)(C)OC1CCC1CCCCNc1nc(C#N)nc2ncn(Cc3ccc(C(F)(F)F)cc3)c12. The van der Waals surface area contributed by atoms with E-state index in [2.05, 4.69) is 54.1 Å². The van der Waals surface area contributed by atoms with Crippen LogP contribution in [0.1, 0.15) is 69.8 Å². The zero-order valence-corrected chi connectivity index (χ0v) is 24.3. The normalized spacial score (nSPS) is 18.1. The van der Waals surface area contributed by atoms with Crippen LogP contribution in [-0.4, -0.2) is 40.5 Å². The van der Waals surface area contributed by atoms with Gasteiger partial charge in [-0.1, -0.05) is 39.3 Å². The van der Waals surface area contributed by atoms with Gasteiger partial charge in [-0.25, -0.2) is 4.98 Å². The van der Waals surface area contributed by atoms with Crippen molar-refractivity contribution in [2.75, 3.05) is 11.9 Å². The second kappa shape index (κ2) is 11.3. The number of hydrogen-bond acceptors (Lipinski definition) is 6. The van der Waals surface area contributed by atoms with Gasteiger partial charge in [0.05, 0.1) is 11.9 Å². The molecule has 1 fully saturated rings. The van der Waals surface area contributed by atoms with E-state index in [1.807, 2.05) is 6.07 Å². The van der Waals surface area contributed by atoms with Crippen LogP contribution in [0, 0.1) is 17.2 Å². The summed E-state index contributed by atoms with van der Waals surface area (Å²) in [6.07, 6.45) is 3.04. The van der Waals surface area contributed by atoms with E-state index in [0.717, 1.165) is 37.8 Å². The lowest BCUT2D eigenvalue weighted by atomic mass is 9.79. The molecule has 2 heterocycles. The fraction of sp³-hybridized carbons (Fsp3) is 0.571. The smallest absolute Gasteiger partial charge is 0.414 e. The molecule has 1 N–H and O–H groups in total. The maximum absolute atomic E-state index is 12.9. The molecule has 2 unspecified atom stereocenters. The number of alkyl halides is 3. The van der Waals surface area contributed by atoms with Crippen molar-refractivity contribution >= 4 is 25.3 Å². The van der Waals surface area contributed by atoms with Crippen molar-refractivity contribution in [2.45, 2.75) is 89.8 Å². The molecule has 0 spiro atoms. The summed E-state index contributed by atoms with van der Waals surface area (Å²) in [6, 6.07) is 7.02. The van der Waals surface area contributed by atoms with Crippen LogP contribution in [0.4, 0.5) is 19.0 Å². The number of imidazole rings is 1. The molecule has 0 radical (unpaired) electrons. The fourth-order valence-electron chi connectivity index (χ4n) is 4.59. The van der Waals surface area contributed by atoms with Gasteiger partial charge in [-0.2, -0.15) is 28.4 Å². The molecule has 2 atom stereocenters. The van der Waals surface area contributed by atoms with Gasteiger partial charge in [-0.05, 0) is 67.4 Å². The Kier molecular flexibility index (Phi) is 8.38. The molecule has 11 heteroatoms. The lowest BCUT2D eigenvalue weighted by Gasteiger charge is -2.46. The number of hydrogen-bond donors (Lipinski definition) is 1. The summed E-state index contributed by atoms with van der Waals surface area (Å²) in [6.45, 7) is 12.4. The summed E-state index contributed by atoms with van der Waals surface area (Å²) < 4.78 is 47.2. The molecule has 39 heavy (non-hydrogen) atoms. The molecule has 1 aromatic carbocycles. The minimum atomic E-state index is -4.38. The van der Waals surface area contributed by atoms with Gasteiger partial charge in [0, 0.05) is 19.2 Å². The minimum Gasteiger partial charge on any atom is -0.414 e. The van der Waals surface area contributed by atoms with Gasteiger partial charge < -0.3 is 14.3 Å². The Morgan fingerprint density at radius 1 is 1.10 bits per heavy atom. The Morgan fingerprint density at radius 3 is 2.41 bits per heavy atom. The zero-order chi connectivity index (χ0) is 28.4. The third-order valence-electron chi connectivity index (χ3n) is 8.10. The molecule has 7 nitrogen and oxygen atoms in total. The molecule has 0 aliphatic heterocycles. The van der Waals surface area contributed by atoms with Crippen LogP contribution in [0.5, 0.6) is 0 Å². The first kappa shape index (κ1) is 29.0. The highest BCUT2D eigenvalue weighted by atomic mass is 28.4. The number of nitriles is 1. The average Bonchev–Trinajstić information content (AvgIpc) is 3.25. The highest BCUT2D eigenvalue weighted by Gasteiger charge is 2.43. The molecule has 3 aromatic rings. The first-order chi connectivity index (χ1) is 18.3. The largest absolute Gasteiger partial charge is 0.416 e. The molecule has 1 aliphatic rings. The Labute approximate surface area is 229 Å². The van der Waals surface area contributed by atoms with Crippen LogP contribution < -0.4 is 5.32 Å². The van der Waals surface area contributed by atoms with E-state index in [9.17, 15) is 18.4 Å². The number of benzene rings is 1. The van der Waals surface area contributed by atoms with E-state index >= 15 is 0 Å². The molecule has 0 bridgehead atoms. The van der Waals surface area contributed by atoms with Crippen LogP contribution in [-0.2, 0) is 17.1 Å². The van der Waals surface area contributed by atoms with Gasteiger partial charge in [0.1, 0.15) is 11.6 Å². The third kappa shape index (κ3) is 6.79. The average molecular weight is 559 g/mol. The molecule has 210 valence electrons. The van der Waals surface area contributed by atoms with E-state index < -0.39 is 20.1 Å². The van der Waals surface area contributed by atoms with Crippen LogP contribution in [0.15, 0.2) is 30.6 Å². The number of rotatable bonds is 10. The Morgan fingerprint density at radius 2 is 1.82 bits per heavy atom. The number of unbranched alkanes of at least 4 members (excludes halogenated alkanes) is 1. The van der Waals surface area contributed by atoms with Crippen molar-refractivity contribution in [3.63, 3.8) is 0 Å². The summed E-state index contributed by atoms with van der Waals surface area (Å²) in [7, 11) is -1.76. The molecular weight excluding hydrogens is 521 g/mol. The quantitative estimate of drug-likeness (QED) is 0.210. The van der Waals surface area contributed by atoms with Crippen LogP contribution in [0.2, 0.25) is 18.1 Å². The van der Waals surface area contributed by atoms with Crippen molar-refractivity contribution in [1.82, 2.24) is 19.5 Å². The van der Waals surface area contributed by atoms with E-state index in [-0.39, 0.29) is 10.9 Å². The molecule has 0 amide bonds. The van der Waals surface area contributed by atoms with E-state index in [0.29, 0.717) is 47.7 Å². The highest BCUT2D eigenvalue weighted by molar-refractivity contribution is 6.74. The monoisotopic (exact) mass is 558 g/mol. The highest BCUT2D eigenvalue weighted by Crippen LogP contribution is 2.43. The topological polar surface area (TPSA) is 88.7 Å². The first-order valence-electron chi connectivity index (χ1n) is 13.5. The van der Waals surface area contributed by atoms with Gasteiger partial charge in [-0.15, -0.1) is 0 Å². The lowest BCUT2D eigenvalue weighted by Crippen LogP contribution is -2.48. The van der Waals surface area contributed by atoms with Gasteiger partial charge in [0.2, 0.25) is 5.82 Å². The number of anilines is 1. The fourth-order valence-corrected chi connectivity index (χ4v) is 6.01. The maximum atomic E-state index is 12.9. The zero-order valence-electron chi connectivity index (χ0n) is 23.3. The predicted molar refractivity (Wildman–Crippen MR) is 148 cm³/mol. The Hall–Kier alpha value is -2.97. The van der Waals surface area contributed by atoms with Crippen LogP contribution in [0.25, 0.3) is 11.2 Å². The summed E-state index contributed by atoms with van der Waals surface area (Å²) in [5, 5.41) is 12.9. The minimum absolute atomic E-state index is 0.0184. The standard InChI is InChI=1S/C28H37F3N6OSi/c1-27(2,3)39(4,5)38-22-14-11-20(22)8-6-7-15-33-25-24-26(36-23(16-32)35-25)34-18-37(24)17-19-9-12-21(13-10-19)28(29,30)31/h9-10,12-13,18,20,22H,6-8,11,14-15,17H2,1-5H3,(H,33,35,36). The van der Waals surface area contributed by atoms with E-state index in [1.165, 1.54) is 18.6 Å². The van der Waals surface area contributed by atoms with Crippen molar-refractivity contribution < 1.29 is 17.6 Å². The summed E-state index contributed by atoms with van der Waals surface area (Å²) >= 11 is 0. The number of halogens is 3. The number of nitrogens with one attached hydrogen (secondary N) is 1. The molecule has 0 saturated heterocycles. The number of nitrogens with zero attached hydrogens (tertiary/aromatic N) is 5.